The van der Waals surface area contributed by atoms with Gasteiger partial charge in [-0.2, -0.15) is 0 Å². The quantitative estimate of drug-likeness (QED) is 0.751. The molecule has 0 aliphatic carbocycles. The fourth-order valence-electron chi connectivity index (χ4n) is 1.46. The van der Waals surface area contributed by atoms with Gasteiger partial charge < -0.3 is 10.1 Å². The average molecular weight is 195 g/mol. The number of halogens is 1. The molecule has 1 unspecified atom stereocenters. The summed E-state index contributed by atoms with van der Waals surface area (Å²) in [6, 6.07) is 6.30. The van der Waals surface area contributed by atoms with Crippen molar-refractivity contribution < 1.29 is 9.13 Å². The molecule has 0 bridgehead atoms. The third-order valence-electron chi connectivity index (χ3n) is 2.18. The van der Waals surface area contributed by atoms with Crippen molar-refractivity contribution in [2.45, 2.75) is 12.5 Å². The molecule has 3 nitrogen and oxygen atoms in total. The second-order valence-electron chi connectivity index (χ2n) is 3.25. The predicted molar refractivity (Wildman–Crippen MR) is 51.8 cm³/mol. The molecule has 75 valence electrons. The van der Waals surface area contributed by atoms with Crippen LogP contribution in [-0.2, 0) is 4.74 Å². The maximum absolute atomic E-state index is 12.8. The molecule has 3 N–H and O–H groups in total. The van der Waals surface area contributed by atoms with E-state index in [1.807, 2.05) is 0 Å². The zero-order valence-corrected chi connectivity index (χ0v) is 7.66. The SMILES string of the molecule is N[C]1OCCC1Nc1cccc(F)c1. The van der Waals surface area contributed by atoms with Gasteiger partial charge in [-0.25, -0.2) is 4.39 Å². The summed E-state index contributed by atoms with van der Waals surface area (Å²) in [4.78, 5) is 0. The van der Waals surface area contributed by atoms with Crippen LogP contribution < -0.4 is 11.1 Å². The van der Waals surface area contributed by atoms with Crippen LogP contribution >= 0.6 is 0 Å². The Balaban J connectivity index is 2.03. The molecule has 4 heteroatoms. The van der Waals surface area contributed by atoms with Crippen molar-refractivity contribution in [2.75, 3.05) is 11.9 Å². The normalized spacial score (nSPS) is 22.6. The Hall–Kier alpha value is -1.13. The highest BCUT2D eigenvalue weighted by Gasteiger charge is 2.25. The van der Waals surface area contributed by atoms with Gasteiger partial charge >= 0.3 is 0 Å². The van der Waals surface area contributed by atoms with E-state index in [-0.39, 0.29) is 11.9 Å². The lowest BCUT2D eigenvalue weighted by Crippen LogP contribution is -2.28. The van der Waals surface area contributed by atoms with Crippen molar-refractivity contribution in [1.29, 1.82) is 0 Å². The van der Waals surface area contributed by atoms with Crippen LogP contribution in [0.5, 0.6) is 0 Å². The molecule has 1 aliphatic heterocycles. The van der Waals surface area contributed by atoms with E-state index in [1.165, 1.54) is 12.1 Å². The van der Waals surface area contributed by atoms with Crippen molar-refractivity contribution in [3.8, 4) is 0 Å². The van der Waals surface area contributed by atoms with Crippen LogP contribution in [0.1, 0.15) is 6.42 Å². The van der Waals surface area contributed by atoms with Crippen molar-refractivity contribution >= 4 is 5.69 Å². The highest BCUT2D eigenvalue weighted by Crippen LogP contribution is 2.20. The number of hydrogen-bond acceptors (Lipinski definition) is 3. The zero-order chi connectivity index (χ0) is 9.97. The smallest absolute Gasteiger partial charge is 0.181 e. The highest BCUT2D eigenvalue weighted by atomic mass is 19.1. The monoisotopic (exact) mass is 195 g/mol. The molecule has 1 heterocycles. The van der Waals surface area contributed by atoms with Crippen LogP contribution in [-0.4, -0.2) is 12.6 Å². The summed E-state index contributed by atoms with van der Waals surface area (Å²) in [6.45, 7) is 0.624. The Kier molecular flexibility index (Phi) is 2.65. The minimum atomic E-state index is -0.257. The van der Waals surface area contributed by atoms with Gasteiger partial charge in [-0.3, -0.25) is 5.73 Å². The van der Waals surface area contributed by atoms with Crippen molar-refractivity contribution in [2.24, 2.45) is 5.73 Å². The Bertz CT molecular complexity index is 319. The summed E-state index contributed by atoms with van der Waals surface area (Å²) in [5.41, 5.74) is 6.33. The Morgan fingerprint density at radius 1 is 1.50 bits per heavy atom. The largest absolute Gasteiger partial charge is 0.378 e. The van der Waals surface area contributed by atoms with Crippen LogP contribution in [0.15, 0.2) is 24.3 Å². The average Bonchev–Trinajstić information content (AvgIpc) is 2.52. The predicted octanol–water partition coefficient (Wildman–Crippen LogP) is 1.47. The van der Waals surface area contributed by atoms with Crippen LogP contribution in [0, 0.1) is 12.0 Å². The van der Waals surface area contributed by atoms with Gasteiger partial charge in [0.1, 0.15) is 5.82 Å². The van der Waals surface area contributed by atoms with E-state index in [0.29, 0.717) is 12.8 Å². The Labute approximate surface area is 82.1 Å². The summed E-state index contributed by atoms with van der Waals surface area (Å²) in [6.07, 6.45) is 1.30. The molecule has 0 aromatic heterocycles. The molecule has 1 saturated heterocycles. The molecule has 2 rings (SSSR count). The first kappa shape index (κ1) is 9.43. The second kappa shape index (κ2) is 3.94. The number of ether oxygens (including phenoxy) is 1. The molecule has 0 spiro atoms. The van der Waals surface area contributed by atoms with Crippen LogP contribution in [0.4, 0.5) is 10.1 Å². The maximum atomic E-state index is 12.8. The molecule has 1 atom stereocenters. The lowest BCUT2D eigenvalue weighted by atomic mass is 10.2. The van der Waals surface area contributed by atoms with E-state index in [2.05, 4.69) is 5.32 Å². The fourth-order valence-corrected chi connectivity index (χ4v) is 1.46. The van der Waals surface area contributed by atoms with Gasteiger partial charge in [0.05, 0.1) is 12.6 Å². The van der Waals surface area contributed by atoms with Gasteiger partial charge in [0, 0.05) is 5.69 Å². The maximum Gasteiger partial charge on any atom is 0.181 e. The number of nitrogens with one attached hydrogen (secondary N) is 1. The highest BCUT2D eigenvalue weighted by molar-refractivity contribution is 5.45. The fraction of sp³-hybridized carbons (Fsp3) is 0.300. The summed E-state index contributed by atoms with van der Waals surface area (Å²) < 4.78 is 17.9. The van der Waals surface area contributed by atoms with E-state index in [1.54, 1.807) is 12.1 Å². The number of hydrogen-bond donors (Lipinski definition) is 2. The Morgan fingerprint density at radius 3 is 3.00 bits per heavy atom. The molecule has 0 saturated carbocycles. The molecule has 1 aromatic carbocycles. The molecule has 14 heavy (non-hydrogen) atoms. The topological polar surface area (TPSA) is 47.3 Å². The van der Waals surface area contributed by atoms with Crippen LogP contribution in [0.25, 0.3) is 0 Å². The first-order valence-corrected chi connectivity index (χ1v) is 4.53. The standard InChI is InChI=1S/C10H12FN2O/c11-7-2-1-3-8(6-7)13-9-4-5-14-10(9)12/h1-3,6,9,13H,4-5,12H2. The molecule has 1 aromatic rings. The van der Waals surface area contributed by atoms with Gasteiger partial charge in [-0.05, 0) is 24.6 Å². The lowest BCUT2D eigenvalue weighted by molar-refractivity contribution is 0.196. The number of benzene rings is 1. The minimum absolute atomic E-state index is 0.00296. The van der Waals surface area contributed by atoms with Crippen molar-refractivity contribution in [3.05, 3.63) is 36.3 Å². The van der Waals surface area contributed by atoms with Crippen molar-refractivity contribution in [1.82, 2.24) is 0 Å². The molecule has 1 fully saturated rings. The third kappa shape index (κ3) is 2.02. The molecular weight excluding hydrogens is 183 g/mol. The molecule has 1 radical (unpaired) electrons. The molecular formula is C10H12FN2O. The van der Waals surface area contributed by atoms with Gasteiger partial charge in [-0.15, -0.1) is 0 Å². The van der Waals surface area contributed by atoms with Gasteiger partial charge in [-0.1, -0.05) is 6.07 Å². The number of rotatable bonds is 2. The van der Waals surface area contributed by atoms with Gasteiger partial charge in [0.25, 0.3) is 0 Å². The lowest BCUT2D eigenvalue weighted by Gasteiger charge is -2.15. The number of nitrogens with two attached hydrogens (primary N) is 1. The third-order valence-corrected chi connectivity index (χ3v) is 2.18. The summed E-state index contributed by atoms with van der Waals surface area (Å²) in [5, 5.41) is 3.10. The van der Waals surface area contributed by atoms with Gasteiger partial charge in [0.15, 0.2) is 6.23 Å². The van der Waals surface area contributed by atoms with Crippen LogP contribution in [0.3, 0.4) is 0 Å². The first-order valence-electron chi connectivity index (χ1n) is 4.53. The summed E-state index contributed by atoms with van der Waals surface area (Å²) in [7, 11) is 0. The van der Waals surface area contributed by atoms with Crippen molar-refractivity contribution in [3.63, 3.8) is 0 Å². The van der Waals surface area contributed by atoms with E-state index in [9.17, 15) is 4.39 Å². The summed E-state index contributed by atoms with van der Waals surface area (Å²) >= 11 is 0. The van der Waals surface area contributed by atoms with E-state index in [4.69, 9.17) is 10.5 Å². The Morgan fingerprint density at radius 2 is 2.36 bits per heavy atom. The van der Waals surface area contributed by atoms with E-state index < -0.39 is 0 Å². The van der Waals surface area contributed by atoms with Crippen LogP contribution in [0.2, 0.25) is 0 Å². The molecule has 0 amide bonds. The first-order chi connectivity index (χ1) is 6.75. The minimum Gasteiger partial charge on any atom is -0.378 e. The van der Waals surface area contributed by atoms with E-state index in [0.717, 1.165) is 12.1 Å². The van der Waals surface area contributed by atoms with Gasteiger partial charge in [0.2, 0.25) is 0 Å². The molecule has 1 aliphatic rings. The number of anilines is 1. The van der Waals surface area contributed by atoms with E-state index >= 15 is 0 Å². The second-order valence-corrected chi connectivity index (χ2v) is 3.25. The zero-order valence-electron chi connectivity index (χ0n) is 7.66. The summed E-state index contributed by atoms with van der Waals surface area (Å²) in [5.74, 6) is -0.257.